The molecule has 0 radical (unpaired) electrons. The van der Waals surface area contributed by atoms with E-state index in [1.54, 1.807) is 7.11 Å². The predicted molar refractivity (Wildman–Crippen MR) is 142 cm³/mol. The van der Waals surface area contributed by atoms with Gasteiger partial charge in [0.15, 0.2) is 5.17 Å². The maximum Gasteiger partial charge on any atom is 0.264 e. The second-order valence-corrected chi connectivity index (χ2v) is 9.49. The Hall–Kier alpha value is -3.49. The first-order valence-electron chi connectivity index (χ1n) is 11.6. The van der Waals surface area contributed by atoms with Crippen molar-refractivity contribution in [3.8, 4) is 11.4 Å². The van der Waals surface area contributed by atoms with Gasteiger partial charge in [0.2, 0.25) is 0 Å². The monoisotopic (exact) mass is 488 g/mol. The molecule has 1 N–H and O–H groups in total. The van der Waals surface area contributed by atoms with E-state index in [4.69, 9.17) is 9.47 Å². The predicted octanol–water partition coefficient (Wildman–Crippen LogP) is 4.83. The zero-order chi connectivity index (χ0) is 24.4. The number of ether oxygens (including phenoxy) is 2. The molecule has 0 unspecified atom stereocenters. The van der Waals surface area contributed by atoms with Gasteiger partial charge < -0.3 is 24.3 Å². The molecule has 0 atom stereocenters. The van der Waals surface area contributed by atoms with E-state index in [0.717, 1.165) is 60.4 Å². The van der Waals surface area contributed by atoms with Crippen LogP contribution in [0.25, 0.3) is 11.8 Å². The van der Waals surface area contributed by atoms with Crippen LogP contribution in [-0.2, 0) is 9.53 Å². The van der Waals surface area contributed by atoms with Gasteiger partial charge in [0.1, 0.15) is 5.75 Å². The number of hydrogen-bond acceptors (Lipinski definition) is 6. The maximum atomic E-state index is 12.6. The number of aliphatic imine (C=N–C) groups is 1. The number of aromatic nitrogens is 1. The van der Waals surface area contributed by atoms with Crippen molar-refractivity contribution in [1.82, 2.24) is 9.88 Å². The molecule has 8 heteroatoms. The van der Waals surface area contributed by atoms with Crippen LogP contribution in [0, 0.1) is 13.8 Å². The Morgan fingerprint density at radius 1 is 1.03 bits per heavy atom. The highest BCUT2D eigenvalue weighted by molar-refractivity contribution is 8.18. The van der Waals surface area contributed by atoms with Gasteiger partial charge >= 0.3 is 0 Å². The highest BCUT2D eigenvalue weighted by atomic mass is 32.2. The van der Waals surface area contributed by atoms with Crippen molar-refractivity contribution in [2.75, 3.05) is 38.3 Å². The van der Waals surface area contributed by atoms with E-state index in [9.17, 15) is 4.79 Å². The highest BCUT2D eigenvalue weighted by Gasteiger charge is 2.24. The minimum Gasteiger partial charge on any atom is -0.497 e. The van der Waals surface area contributed by atoms with Crippen LogP contribution in [0.5, 0.6) is 5.75 Å². The molecule has 1 amide bonds. The molecule has 3 aromatic rings. The molecule has 0 bridgehead atoms. The topological polar surface area (TPSA) is 68.1 Å². The van der Waals surface area contributed by atoms with E-state index in [-0.39, 0.29) is 5.91 Å². The van der Waals surface area contributed by atoms with Crippen molar-refractivity contribution in [2.24, 2.45) is 4.99 Å². The number of benzene rings is 2. The summed E-state index contributed by atoms with van der Waals surface area (Å²) in [7, 11) is 1.63. The summed E-state index contributed by atoms with van der Waals surface area (Å²) >= 11 is 1.35. The molecule has 2 aliphatic rings. The molecule has 3 heterocycles. The Labute approximate surface area is 209 Å². The number of nitrogens with zero attached hydrogens (tertiary/aromatic N) is 3. The summed E-state index contributed by atoms with van der Waals surface area (Å²) in [6.45, 7) is 7.55. The molecule has 2 saturated heterocycles. The minimum atomic E-state index is -0.137. The third-order valence-electron chi connectivity index (χ3n) is 6.19. The molecular weight excluding hydrogens is 460 g/mol. The zero-order valence-electron chi connectivity index (χ0n) is 20.1. The smallest absolute Gasteiger partial charge is 0.264 e. The van der Waals surface area contributed by atoms with Gasteiger partial charge in [0, 0.05) is 35.9 Å². The van der Waals surface area contributed by atoms with Gasteiger partial charge in [-0.05, 0) is 91.8 Å². The van der Waals surface area contributed by atoms with Crippen LogP contribution in [0.2, 0.25) is 0 Å². The van der Waals surface area contributed by atoms with Gasteiger partial charge in [-0.15, -0.1) is 0 Å². The third-order valence-corrected chi connectivity index (χ3v) is 7.10. The lowest BCUT2D eigenvalue weighted by atomic mass is 10.2. The SMILES string of the molecule is COc1ccc(N=C2NC(=O)/C(=C/c3cc(C)n(-c4ccc(N5CCOCC5)cc4)c3C)S2)cc1. The standard InChI is InChI=1S/C27H28N4O3S/c1-18-16-20(17-25-26(32)29-27(35-25)28-21-4-10-24(33-3)11-5-21)19(2)31(18)23-8-6-22(7-9-23)30-12-14-34-15-13-30/h4-11,16-17H,12-15H2,1-3H3,(H,28,29,32)/b25-17-. The van der Waals surface area contributed by atoms with Crippen molar-refractivity contribution >= 4 is 40.3 Å². The van der Waals surface area contributed by atoms with E-state index in [2.05, 4.69) is 64.0 Å². The van der Waals surface area contributed by atoms with Crippen LogP contribution in [-0.4, -0.2) is 49.1 Å². The highest BCUT2D eigenvalue weighted by Crippen LogP contribution is 2.31. The lowest BCUT2D eigenvalue weighted by Crippen LogP contribution is -2.36. The summed E-state index contributed by atoms with van der Waals surface area (Å²) in [5.41, 5.74) is 6.29. The van der Waals surface area contributed by atoms with E-state index < -0.39 is 0 Å². The molecule has 0 saturated carbocycles. The van der Waals surface area contributed by atoms with E-state index in [1.807, 2.05) is 30.3 Å². The van der Waals surface area contributed by atoms with Gasteiger partial charge in [-0.2, -0.15) is 0 Å². The normalized spacial score (nSPS) is 18.4. The minimum absolute atomic E-state index is 0.137. The number of nitrogens with one attached hydrogen (secondary N) is 1. The summed E-state index contributed by atoms with van der Waals surface area (Å²) in [6, 6.07) is 18.2. The first-order chi connectivity index (χ1) is 17.0. The van der Waals surface area contributed by atoms with Crippen LogP contribution in [0.1, 0.15) is 17.0 Å². The summed E-state index contributed by atoms with van der Waals surface area (Å²) in [4.78, 5) is 20.1. The summed E-state index contributed by atoms with van der Waals surface area (Å²) in [5, 5.41) is 3.43. The Bertz CT molecular complexity index is 1290. The Morgan fingerprint density at radius 2 is 1.71 bits per heavy atom. The molecule has 1 aromatic heterocycles. The molecule has 2 fully saturated rings. The average molecular weight is 489 g/mol. The molecule has 35 heavy (non-hydrogen) atoms. The number of amidine groups is 1. The van der Waals surface area contributed by atoms with Crippen LogP contribution in [0.4, 0.5) is 11.4 Å². The summed E-state index contributed by atoms with van der Waals surface area (Å²) < 4.78 is 12.9. The molecule has 5 rings (SSSR count). The Balaban J connectivity index is 1.36. The third kappa shape index (κ3) is 4.99. The zero-order valence-corrected chi connectivity index (χ0v) is 20.9. The summed E-state index contributed by atoms with van der Waals surface area (Å²) in [5.74, 6) is 0.630. The fourth-order valence-corrected chi connectivity index (χ4v) is 5.19. The summed E-state index contributed by atoms with van der Waals surface area (Å²) in [6.07, 6.45) is 1.94. The first kappa shape index (κ1) is 23.3. The van der Waals surface area contributed by atoms with Crippen LogP contribution < -0.4 is 15.0 Å². The number of thioether (sulfide) groups is 1. The average Bonchev–Trinajstić information content (AvgIpc) is 3.37. The molecular formula is C27H28N4O3S. The number of methoxy groups -OCH3 is 1. The number of aryl methyl sites for hydroxylation is 1. The Morgan fingerprint density at radius 3 is 2.40 bits per heavy atom. The van der Waals surface area contributed by atoms with Gasteiger partial charge in [-0.1, -0.05) is 0 Å². The lowest BCUT2D eigenvalue weighted by Gasteiger charge is -2.29. The van der Waals surface area contributed by atoms with Crippen molar-refractivity contribution < 1.29 is 14.3 Å². The number of anilines is 1. The van der Waals surface area contributed by atoms with Crippen LogP contribution >= 0.6 is 11.8 Å². The maximum absolute atomic E-state index is 12.6. The van der Waals surface area contributed by atoms with Crippen molar-refractivity contribution in [3.05, 3.63) is 76.5 Å². The Kier molecular flexibility index (Phi) is 6.66. The number of morpholine rings is 1. The number of hydrogen-bond donors (Lipinski definition) is 1. The van der Waals surface area contributed by atoms with Gasteiger partial charge in [0.05, 0.1) is 30.9 Å². The molecule has 0 spiro atoms. The molecule has 0 aliphatic carbocycles. The molecule has 2 aromatic carbocycles. The van der Waals surface area contributed by atoms with Crippen molar-refractivity contribution in [2.45, 2.75) is 13.8 Å². The van der Waals surface area contributed by atoms with E-state index >= 15 is 0 Å². The van der Waals surface area contributed by atoms with Crippen molar-refractivity contribution in [3.63, 3.8) is 0 Å². The number of amides is 1. The second-order valence-electron chi connectivity index (χ2n) is 8.46. The molecule has 180 valence electrons. The van der Waals surface area contributed by atoms with Crippen molar-refractivity contribution in [1.29, 1.82) is 0 Å². The molecule has 2 aliphatic heterocycles. The fourth-order valence-electron chi connectivity index (χ4n) is 4.36. The number of carbonyl (C=O) groups excluding carboxylic acids is 1. The van der Waals surface area contributed by atoms with E-state index in [1.165, 1.54) is 17.4 Å². The lowest BCUT2D eigenvalue weighted by molar-refractivity contribution is -0.115. The first-order valence-corrected chi connectivity index (χ1v) is 12.4. The molecule has 7 nitrogen and oxygen atoms in total. The largest absolute Gasteiger partial charge is 0.497 e. The van der Waals surface area contributed by atoms with Gasteiger partial charge in [0.25, 0.3) is 5.91 Å². The quantitative estimate of drug-likeness (QED) is 0.521. The number of carbonyl (C=O) groups is 1. The second kappa shape index (κ2) is 10.0. The van der Waals surface area contributed by atoms with Crippen LogP contribution in [0.3, 0.4) is 0 Å². The van der Waals surface area contributed by atoms with E-state index in [0.29, 0.717) is 10.1 Å². The number of rotatable bonds is 5. The van der Waals surface area contributed by atoms with Gasteiger partial charge in [-0.25, -0.2) is 4.99 Å². The fraction of sp³-hybridized carbons (Fsp3) is 0.259. The van der Waals surface area contributed by atoms with Crippen LogP contribution in [0.15, 0.2) is 64.5 Å². The van der Waals surface area contributed by atoms with Gasteiger partial charge in [-0.3, -0.25) is 4.79 Å².